The normalized spacial score (nSPS) is 23.3. The van der Waals surface area contributed by atoms with Crippen molar-refractivity contribution in [2.24, 2.45) is 16.8 Å². The van der Waals surface area contributed by atoms with Gasteiger partial charge >= 0.3 is 0 Å². The Hall–Kier alpha value is -0.850. The number of rotatable bonds is 10. The van der Waals surface area contributed by atoms with E-state index < -0.39 is 0 Å². The number of piperidine rings is 2. The Balaban J connectivity index is 1.74. The summed E-state index contributed by atoms with van der Waals surface area (Å²) in [7, 11) is 1.78. The molecule has 0 spiro atoms. The summed E-state index contributed by atoms with van der Waals surface area (Å²) in [6.45, 7) is 16.7. The predicted octanol–water partition coefficient (Wildman–Crippen LogP) is 2.41. The van der Waals surface area contributed by atoms with E-state index in [0.29, 0.717) is 12.0 Å². The van der Waals surface area contributed by atoms with Crippen molar-refractivity contribution >= 4 is 5.96 Å². The van der Waals surface area contributed by atoms with Crippen LogP contribution in [0.3, 0.4) is 0 Å². The molecule has 164 valence electrons. The van der Waals surface area contributed by atoms with E-state index in [1.54, 1.807) is 7.11 Å². The second-order valence-corrected chi connectivity index (χ2v) is 8.99. The van der Waals surface area contributed by atoms with E-state index in [9.17, 15) is 0 Å². The van der Waals surface area contributed by atoms with Gasteiger partial charge in [-0.3, -0.25) is 4.99 Å². The van der Waals surface area contributed by atoms with Crippen LogP contribution in [0.15, 0.2) is 4.99 Å². The zero-order valence-corrected chi connectivity index (χ0v) is 18.9. The summed E-state index contributed by atoms with van der Waals surface area (Å²) in [5.41, 5.74) is 0. The lowest BCUT2D eigenvalue weighted by Crippen LogP contribution is -2.49. The van der Waals surface area contributed by atoms with Gasteiger partial charge in [0.05, 0.1) is 0 Å². The third kappa shape index (κ3) is 9.10. The van der Waals surface area contributed by atoms with Gasteiger partial charge < -0.3 is 25.2 Å². The molecule has 2 heterocycles. The molecule has 0 aliphatic carbocycles. The molecule has 2 fully saturated rings. The summed E-state index contributed by atoms with van der Waals surface area (Å²) < 4.78 is 5.17. The van der Waals surface area contributed by atoms with Crippen LogP contribution in [0.1, 0.15) is 52.9 Å². The molecule has 0 amide bonds. The third-order valence-electron chi connectivity index (χ3n) is 5.83. The Morgan fingerprint density at radius 2 is 1.93 bits per heavy atom. The first-order valence-corrected chi connectivity index (χ1v) is 11.6. The first-order chi connectivity index (χ1) is 13.6. The fraction of sp³-hybridized carbons (Fsp3) is 0.955. The molecular weight excluding hydrogens is 350 g/mol. The maximum absolute atomic E-state index is 5.17. The number of aliphatic imine (C=N–C) groups is 1. The summed E-state index contributed by atoms with van der Waals surface area (Å²) in [6, 6.07) is 0.542. The van der Waals surface area contributed by atoms with E-state index in [0.717, 1.165) is 44.5 Å². The van der Waals surface area contributed by atoms with Crippen LogP contribution in [-0.4, -0.2) is 87.9 Å². The smallest absolute Gasteiger partial charge is 0.191 e. The van der Waals surface area contributed by atoms with Gasteiger partial charge in [0, 0.05) is 65.6 Å². The molecule has 2 N–H and O–H groups in total. The number of hydrogen-bond acceptors (Lipinski definition) is 4. The van der Waals surface area contributed by atoms with Crippen LogP contribution in [-0.2, 0) is 4.74 Å². The van der Waals surface area contributed by atoms with Crippen LogP contribution < -0.4 is 10.6 Å². The maximum Gasteiger partial charge on any atom is 0.191 e. The molecule has 2 rings (SSSR count). The van der Waals surface area contributed by atoms with Crippen molar-refractivity contribution in [2.45, 2.75) is 58.9 Å². The minimum atomic E-state index is 0.542. The van der Waals surface area contributed by atoms with E-state index in [1.807, 2.05) is 0 Å². The van der Waals surface area contributed by atoms with Gasteiger partial charge in [0.15, 0.2) is 5.96 Å². The molecule has 0 aromatic carbocycles. The number of guanidine groups is 1. The van der Waals surface area contributed by atoms with E-state index >= 15 is 0 Å². The molecule has 0 aromatic rings. The van der Waals surface area contributed by atoms with Crippen molar-refractivity contribution in [2.75, 3.05) is 66.1 Å². The molecule has 6 nitrogen and oxygen atoms in total. The molecule has 2 aliphatic rings. The van der Waals surface area contributed by atoms with Crippen molar-refractivity contribution < 1.29 is 4.74 Å². The average Bonchev–Trinajstić information content (AvgIpc) is 2.68. The molecule has 2 saturated heterocycles. The molecule has 0 radical (unpaired) electrons. The van der Waals surface area contributed by atoms with Gasteiger partial charge in [-0.1, -0.05) is 13.8 Å². The zero-order chi connectivity index (χ0) is 20.2. The van der Waals surface area contributed by atoms with Crippen LogP contribution in [0.4, 0.5) is 0 Å². The fourth-order valence-corrected chi connectivity index (χ4v) is 4.45. The predicted molar refractivity (Wildman–Crippen MR) is 119 cm³/mol. The topological polar surface area (TPSA) is 52.1 Å². The lowest BCUT2D eigenvalue weighted by atomic mass is 9.97. The number of methoxy groups -OCH3 is 1. The maximum atomic E-state index is 5.17. The molecule has 2 aliphatic heterocycles. The minimum Gasteiger partial charge on any atom is -0.385 e. The van der Waals surface area contributed by atoms with Crippen molar-refractivity contribution in [1.82, 2.24) is 20.4 Å². The van der Waals surface area contributed by atoms with Crippen molar-refractivity contribution in [3.8, 4) is 0 Å². The monoisotopic (exact) mass is 395 g/mol. The number of ether oxygens (including phenoxy) is 1. The SMILES string of the molecule is CCNC(=NCC1CCCN(CC(C)C)C1)NC1CCN(CCCOC)CC1. The molecule has 0 bridgehead atoms. The highest BCUT2D eigenvalue weighted by Crippen LogP contribution is 2.18. The highest BCUT2D eigenvalue weighted by Gasteiger charge is 2.22. The third-order valence-corrected chi connectivity index (χ3v) is 5.83. The second-order valence-electron chi connectivity index (χ2n) is 8.99. The van der Waals surface area contributed by atoms with Crippen molar-refractivity contribution in [3.63, 3.8) is 0 Å². The number of nitrogens with zero attached hydrogens (tertiary/aromatic N) is 3. The number of nitrogens with one attached hydrogen (secondary N) is 2. The molecule has 6 heteroatoms. The van der Waals surface area contributed by atoms with Gasteiger partial charge in [0.25, 0.3) is 0 Å². The lowest BCUT2D eigenvalue weighted by molar-refractivity contribution is 0.155. The van der Waals surface area contributed by atoms with Crippen molar-refractivity contribution in [1.29, 1.82) is 0 Å². The van der Waals surface area contributed by atoms with Gasteiger partial charge in [-0.05, 0) is 57.4 Å². The molecule has 0 saturated carbocycles. The van der Waals surface area contributed by atoms with Crippen LogP contribution in [0, 0.1) is 11.8 Å². The summed E-state index contributed by atoms with van der Waals surface area (Å²) in [4.78, 5) is 10.2. The van der Waals surface area contributed by atoms with Gasteiger partial charge in [0.2, 0.25) is 0 Å². The van der Waals surface area contributed by atoms with E-state index in [4.69, 9.17) is 9.73 Å². The van der Waals surface area contributed by atoms with Crippen LogP contribution in [0.25, 0.3) is 0 Å². The standard InChI is InChI=1S/C22H45N5O/c1-5-23-22(24-16-20-8-6-11-27(18-20)17-19(2)3)25-21-9-13-26(14-10-21)12-7-15-28-4/h19-21H,5-18H2,1-4H3,(H2,23,24,25). The van der Waals surface area contributed by atoms with Crippen molar-refractivity contribution in [3.05, 3.63) is 0 Å². The minimum absolute atomic E-state index is 0.542. The number of likely N-dealkylation sites (tertiary alicyclic amines) is 2. The Bertz CT molecular complexity index is 435. The second kappa shape index (κ2) is 13.4. The van der Waals surface area contributed by atoms with Gasteiger partial charge in [-0.15, -0.1) is 0 Å². The highest BCUT2D eigenvalue weighted by molar-refractivity contribution is 5.80. The van der Waals surface area contributed by atoms with Gasteiger partial charge in [-0.25, -0.2) is 0 Å². The zero-order valence-electron chi connectivity index (χ0n) is 18.9. The largest absolute Gasteiger partial charge is 0.385 e. The summed E-state index contributed by atoms with van der Waals surface area (Å²) in [6.07, 6.45) is 6.16. The molecule has 0 aromatic heterocycles. The average molecular weight is 396 g/mol. The van der Waals surface area contributed by atoms with Crippen LogP contribution >= 0.6 is 0 Å². The summed E-state index contributed by atoms with van der Waals surface area (Å²) in [5, 5.41) is 7.16. The van der Waals surface area contributed by atoms with Gasteiger partial charge in [-0.2, -0.15) is 0 Å². The Labute approximate surface area is 173 Å². The first-order valence-electron chi connectivity index (χ1n) is 11.6. The summed E-state index contributed by atoms with van der Waals surface area (Å²) >= 11 is 0. The lowest BCUT2D eigenvalue weighted by Gasteiger charge is -2.34. The Morgan fingerprint density at radius 1 is 1.14 bits per heavy atom. The number of hydrogen-bond donors (Lipinski definition) is 2. The molecule has 28 heavy (non-hydrogen) atoms. The quantitative estimate of drug-likeness (QED) is 0.338. The van der Waals surface area contributed by atoms with E-state index in [2.05, 4.69) is 41.2 Å². The van der Waals surface area contributed by atoms with Crippen LogP contribution in [0.2, 0.25) is 0 Å². The Kier molecular flexibility index (Phi) is 11.2. The molecule has 1 atom stereocenters. The fourth-order valence-electron chi connectivity index (χ4n) is 4.45. The van der Waals surface area contributed by atoms with E-state index in [-0.39, 0.29) is 0 Å². The Morgan fingerprint density at radius 3 is 2.61 bits per heavy atom. The highest BCUT2D eigenvalue weighted by atomic mass is 16.5. The van der Waals surface area contributed by atoms with E-state index in [1.165, 1.54) is 58.4 Å². The summed E-state index contributed by atoms with van der Waals surface area (Å²) in [5.74, 6) is 2.47. The molecule has 1 unspecified atom stereocenters. The molecular formula is C22H45N5O. The van der Waals surface area contributed by atoms with Gasteiger partial charge in [0.1, 0.15) is 0 Å². The van der Waals surface area contributed by atoms with Crippen LogP contribution in [0.5, 0.6) is 0 Å². The first kappa shape index (κ1) is 23.4.